The van der Waals surface area contributed by atoms with Gasteiger partial charge in [0.15, 0.2) is 0 Å². The lowest BCUT2D eigenvalue weighted by molar-refractivity contribution is 0.102. The number of nitrogen functional groups attached to an aromatic ring is 1. The van der Waals surface area contributed by atoms with Crippen molar-refractivity contribution < 1.29 is 17.9 Å². The van der Waals surface area contributed by atoms with Crippen LogP contribution in [0.15, 0.2) is 47.4 Å². The molecule has 7 nitrogen and oxygen atoms in total. The third-order valence-electron chi connectivity index (χ3n) is 4.25. The van der Waals surface area contributed by atoms with Gasteiger partial charge in [-0.25, -0.2) is 8.42 Å². The molecule has 3 N–H and O–H groups in total. The minimum atomic E-state index is -3.61. The summed E-state index contributed by atoms with van der Waals surface area (Å²) in [4.78, 5) is 12.4. The Kier molecular flexibility index (Phi) is 5.15. The van der Waals surface area contributed by atoms with Crippen LogP contribution in [0.25, 0.3) is 0 Å². The van der Waals surface area contributed by atoms with Crippen molar-refractivity contribution in [3.63, 3.8) is 0 Å². The number of ether oxygens (including phenoxy) is 1. The number of sulfonamides is 1. The lowest BCUT2D eigenvalue weighted by Gasteiger charge is -2.18. The number of carbonyl (C=O) groups is 1. The maximum atomic E-state index is 12.8. The number of benzene rings is 2. The van der Waals surface area contributed by atoms with Crippen LogP contribution in [-0.2, 0) is 10.0 Å². The molecule has 2 aromatic carbocycles. The van der Waals surface area contributed by atoms with Gasteiger partial charge in [-0.15, -0.1) is 0 Å². The number of hydrogen-bond donors (Lipinski definition) is 2. The fourth-order valence-corrected chi connectivity index (χ4v) is 4.56. The Hall–Kier alpha value is -2.58. The van der Waals surface area contributed by atoms with Gasteiger partial charge >= 0.3 is 0 Å². The maximum absolute atomic E-state index is 12.8. The van der Waals surface area contributed by atoms with Gasteiger partial charge in [-0.1, -0.05) is 6.07 Å². The van der Waals surface area contributed by atoms with Gasteiger partial charge in [0.25, 0.3) is 5.91 Å². The molecule has 3 rings (SSSR count). The van der Waals surface area contributed by atoms with E-state index in [-0.39, 0.29) is 16.6 Å². The number of amides is 1. The molecule has 1 fully saturated rings. The lowest BCUT2D eigenvalue weighted by Crippen LogP contribution is -2.28. The van der Waals surface area contributed by atoms with Gasteiger partial charge in [-0.05, 0) is 43.2 Å². The summed E-state index contributed by atoms with van der Waals surface area (Å²) in [5, 5.41) is 2.73. The highest BCUT2D eigenvalue weighted by Gasteiger charge is 2.30. The van der Waals surface area contributed by atoms with Crippen LogP contribution in [0.2, 0.25) is 0 Å². The van der Waals surface area contributed by atoms with E-state index in [1.807, 2.05) is 0 Å². The second-order valence-electron chi connectivity index (χ2n) is 6.06. The van der Waals surface area contributed by atoms with Crippen molar-refractivity contribution in [2.45, 2.75) is 17.7 Å². The van der Waals surface area contributed by atoms with Crippen molar-refractivity contribution in [1.29, 1.82) is 0 Å². The average Bonchev–Trinajstić information content (AvgIpc) is 3.17. The van der Waals surface area contributed by atoms with E-state index in [2.05, 4.69) is 5.32 Å². The van der Waals surface area contributed by atoms with Crippen molar-refractivity contribution in [3.05, 3.63) is 48.0 Å². The van der Waals surface area contributed by atoms with Gasteiger partial charge in [0.2, 0.25) is 10.0 Å². The number of carbonyl (C=O) groups excluding carboxylic acids is 1. The summed E-state index contributed by atoms with van der Waals surface area (Å²) in [5.41, 5.74) is 7.03. The van der Waals surface area contributed by atoms with Crippen molar-refractivity contribution in [1.82, 2.24) is 4.31 Å². The summed E-state index contributed by atoms with van der Waals surface area (Å²) in [7, 11) is -2.20. The highest BCUT2D eigenvalue weighted by molar-refractivity contribution is 7.89. The monoisotopic (exact) mass is 375 g/mol. The molecule has 8 heteroatoms. The first-order chi connectivity index (χ1) is 12.4. The van der Waals surface area contributed by atoms with Crippen LogP contribution in [0, 0.1) is 0 Å². The minimum absolute atomic E-state index is 0.101. The topological polar surface area (TPSA) is 102 Å². The SMILES string of the molecule is COc1cc(NC(=O)c2cccc(N)c2)ccc1S(=O)(=O)N1CCCC1. The Morgan fingerprint density at radius 3 is 2.54 bits per heavy atom. The molecule has 138 valence electrons. The molecule has 1 amide bonds. The zero-order valence-corrected chi connectivity index (χ0v) is 15.3. The largest absolute Gasteiger partial charge is 0.495 e. The Labute approximate surface area is 152 Å². The Balaban J connectivity index is 1.86. The molecule has 1 aliphatic heterocycles. The molecule has 0 atom stereocenters. The molecular weight excluding hydrogens is 354 g/mol. The van der Waals surface area contributed by atoms with Gasteiger partial charge in [0.1, 0.15) is 10.6 Å². The molecule has 0 aliphatic carbocycles. The Bertz CT molecular complexity index is 922. The molecule has 26 heavy (non-hydrogen) atoms. The van der Waals surface area contributed by atoms with Crippen molar-refractivity contribution >= 4 is 27.3 Å². The smallest absolute Gasteiger partial charge is 0.255 e. The van der Waals surface area contributed by atoms with E-state index in [1.165, 1.54) is 23.5 Å². The zero-order valence-electron chi connectivity index (χ0n) is 14.4. The summed E-state index contributed by atoms with van der Waals surface area (Å²) in [6.45, 7) is 1.03. The van der Waals surface area contributed by atoms with E-state index in [9.17, 15) is 13.2 Å². The molecule has 0 radical (unpaired) electrons. The third-order valence-corrected chi connectivity index (χ3v) is 6.19. The molecule has 1 saturated heterocycles. The minimum Gasteiger partial charge on any atom is -0.495 e. The molecule has 0 unspecified atom stereocenters. The standard InChI is InChI=1S/C18H21N3O4S/c1-25-16-12-15(20-18(22)13-5-4-6-14(19)11-13)7-8-17(16)26(23,24)21-9-2-3-10-21/h4-8,11-12H,2-3,9-10,19H2,1H3,(H,20,22). The molecular formula is C18H21N3O4S. The molecule has 1 aliphatic rings. The normalized spacial score (nSPS) is 15.0. The first kappa shape index (κ1) is 18.2. The zero-order chi connectivity index (χ0) is 18.7. The number of nitrogens with zero attached hydrogens (tertiary/aromatic N) is 1. The number of rotatable bonds is 5. The summed E-state index contributed by atoms with van der Waals surface area (Å²) in [5.74, 6) is -0.142. The van der Waals surface area contributed by atoms with Gasteiger partial charge in [0.05, 0.1) is 7.11 Å². The summed E-state index contributed by atoms with van der Waals surface area (Å²) < 4.78 is 32.2. The highest BCUT2D eigenvalue weighted by atomic mass is 32.2. The Morgan fingerprint density at radius 1 is 1.15 bits per heavy atom. The van der Waals surface area contributed by atoms with Crippen molar-refractivity contribution in [2.75, 3.05) is 31.2 Å². The first-order valence-corrected chi connectivity index (χ1v) is 9.71. The molecule has 2 aromatic rings. The molecule has 0 spiro atoms. The van der Waals surface area contributed by atoms with Crippen LogP contribution in [-0.4, -0.2) is 38.8 Å². The van der Waals surface area contributed by atoms with E-state index in [0.717, 1.165) is 12.8 Å². The van der Waals surface area contributed by atoms with Gasteiger partial charge < -0.3 is 15.8 Å². The molecule has 1 heterocycles. The Morgan fingerprint density at radius 2 is 1.88 bits per heavy atom. The third kappa shape index (κ3) is 3.66. The number of nitrogens with one attached hydrogen (secondary N) is 1. The quantitative estimate of drug-likeness (QED) is 0.781. The predicted octanol–water partition coefficient (Wildman–Crippen LogP) is 2.31. The highest BCUT2D eigenvalue weighted by Crippen LogP contribution is 2.31. The van der Waals surface area contributed by atoms with Crippen molar-refractivity contribution in [3.8, 4) is 5.75 Å². The van der Waals surface area contributed by atoms with Crippen molar-refractivity contribution in [2.24, 2.45) is 0 Å². The fraction of sp³-hybridized carbons (Fsp3) is 0.278. The number of methoxy groups -OCH3 is 1. The van der Waals surface area contributed by atoms with Gasteiger partial charge in [-0.3, -0.25) is 4.79 Å². The van der Waals surface area contributed by atoms with E-state index >= 15 is 0 Å². The van der Waals surface area contributed by atoms with E-state index in [1.54, 1.807) is 30.3 Å². The predicted molar refractivity (Wildman–Crippen MR) is 99.8 cm³/mol. The fourth-order valence-electron chi connectivity index (χ4n) is 2.91. The number of nitrogens with two attached hydrogens (primary N) is 1. The second kappa shape index (κ2) is 7.35. The maximum Gasteiger partial charge on any atom is 0.255 e. The second-order valence-corrected chi connectivity index (χ2v) is 7.96. The van der Waals surface area contributed by atoms with E-state index in [4.69, 9.17) is 10.5 Å². The van der Waals surface area contributed by atoms with E-state index in [0.29, 0.717) is 30.0 Å². The van der Waals surface area contributed by atoms with Crippen LogP contribution >= 0.6 is 0 Å². The molecule has 0 aromatic heterocycles. The van der Waals surface area contributed by atoms with Gasteiger partial charge in [0, 0.05) is 36.1 Å². The molecule has 0 saturated carbocycles. The summed E-state index contributed by atoms with van der Waals surface area (Å²) >= 11 is 0. The number of hydrogen-bond acceptors (Lipinski definition) is 5. The van der Waals surface area contributed by atoms with E-state index < -0.39 is 10.0 Å². The lowest BCUT2D eigenvalue weighted by atomic mass is 10.2. The molecule has 0 bridgehead atoms. The van der Waals surface area contributed by atoms with Crippen LogP contribution in [0.3, 0.4) is 0 Å². The number of anilines is 2. The average molecular weight is 375 g/mol. The van der Waals surface area contributed by atoms with Crippen LogP contribution in [0.5, 0.6) is 5.75 Å². The van der Waals surface area contributed by atoms with Crippen LogP contribution in [0.4, 0.5) is 11.4 Å². The summed E-state index contributed by atoms with van der Waals surface area (Å²) in [6.07, 6.45) is 1.71. The van der Waals surface area contributed by atoms with Crippen LogP contribution < -0.4 is 15.8 Å². The summed E-state index contributed by atoms with van der Waals surface area (Å²) in [6, 6.07) is 11.1. The van der Waals surface area contributed by atoms with Crippen LogP contribution in [0.1, 0.15) is 23.2 Å². The first-order valence-electron chi connectivity index (χ1n) is 8.27. The van der Waals surface area contributed by atoms with Gasteiger partial charge in [-0.2, -0.15) is 4.31 Å².